The lowest BCUT2D eigenvalue weighted by atomic mass is 10.1. The van der Waals surface area contributed by atoms with E-state index in [-0.39, 0.29) is 13.8 Å². The number of aliphatic hydroxyl groups is 1. The molecule has 4 unspecified atom stereocenters. The third-order valence-corrected chi connectivity index (χ3v) is 8.22. The summed E-state index contributed by atoms with van der Waals surface area (Å²) >= 11 is 5.95. The minimum Gasteiger partial charge on any atom is -0.399 e. The molecular weight excluding hydrogens is 877 g/mol. The number of nitrogen functional groups attached to an aromatic ring is 2. The van der Waals surface area contributed by atoms with E-state index in [9.17, 15) is 5.11 Å². The number of ether oxygens (including phenoxy) is 8. The Kier molecular flexibility index (Phi) is 30.2. The Morgan fingerprint density at radius 2 is 1.11 bits per heavy atom. The van der Waals surface area contributed by atoms with Crippen LogP contribution in [0.5, 0.6) is 0 Å². The predicted octanol–water partition coefficient (Wildman–Crippen LogP) is 5.54. The molecule has 0 aliphatic carbocycles. The van der Waals surface area contributed by atoms with Crippen LogP contribution in [0.2, 0.25) is 0 Å². The number of rotatable bonds is 17. The first-order valence-electron chi connectivity index (χ1n) is 19.9. The largest absolute Gasteiger partial charge is 0.399 e. The van der Waals surface area contributed by atoms with E-state index in [1.54, 1.807) is 66.6 Å². The van der Waals surface area contributed by atoms with Gasteiger partial charge in [-0.1, -0.05) is 53.5 Å². The molecule has 2 heterocycles. The van der Waals surface area contributed by atoms with Crippen LogP contribution in [0.15, 0.2) is 92.8 Å². The summed E-state index contributed by atoms with van der Waals surface area (Å²) in [6.07, 6.45) is 11.4. The zero-order valence-electron chi connectivity index (χ0n) is 37.6. The van der Waals surface area contributed by atoms with Gasteiger partial charge in [0.1, 0.15) is 29.3 Å². The number of terminal acetylenes is 2. The Morgan fingerprint density at radius 1 is 0.662 bits per heavy atom. The molecular formula is C47H63Cl2N7O9. The second-order valence-corrected chi connectivity index (χ2v) is 14.0. The van der Waals surface area contributed by atoms with E-state index >= 15 is 0 Å². The molecule has 0 saturated carbocycles. The lowest BCUT2D eigenvalue weighted by Gasteiger charge is -2.28. The van der Waals surface area contributed by atoms with E-state index in [2.05, 4.69) is 49.0 Å². The van der Waals surface area contributed by atoms with E-state index in [1.165, 1.54) is 12.7 Å². The van der Waals surface area contributed by atoms with Gasteiger partial charge in [0.15, 0.2) is 24.7 Å². The van der Waals surface area contributed by atoms with Crippen LogP contribution < -0.4 is 16.8 Å². The van der Waals surface area contributed by atoms with Crippen LogP contribution in [0, 0.1) is 36.5 Å². The highest BCUT2D eigenvalue weighted by atomic mass is 35.5. The van der Waals surface area contributed by atoms with Gasteiger partial charge in [0.2, 0.25) is 0 Å². The first-order valence-corrected chi connectivity index (χ1v) is 20.3. The van der Waals surface area contributed by atoms with Crippen molar-refractivity contribution in [2.24, 2.45) is 20.0 Å². The summed E-state index contributed by atoms with van der Waals surface area (Å²) in [5.74, 6) is 11.3. The van der Waals surface area contributed by atoms with Crippen LogP contribution in [0.4, 0.5) is 17.1 Å². The Bertz CT molecular complexity index is 2100. The molecule has 6 N–H and O–H groups in total. The molecule has 0 aromatic heterocycles. The van der Waals surface area contributed by atoms with Gasteiger partial charge in [-0.25, -0.2) is 20.0 Å². The number of hydrogen-bond acceptors (Lipinski definition) is 16. The van der Waals surface area contributed by atoms with E-state index < -0.39 is 30.3 Å². The zero-order valence-corrected chi connectivity index (χ0v) is 39.2. The summed E-state index contributed by atoms with van der Waals surface area (Å²) in [7, 11) is 6.44. The number of aliphatic imine (C=N–C) groups is 4. The van der Waals surface area contributed by atoms with E-state index in [0.29, 0.717) is 75.2 Å². The number of nitrogens with two attached hydrogens (primary N) is 2. The summed E-state index contributed by atoms with van der Waals surface area (Å²) in [5.41, 5.74) is 14.7. The SMILES string of the molecule is C#Cc1cccc(N)c1.C#Cc1cccc(NC2=NC=NC(OCCOC)C2OCCOC)c1.CC(C)(O)C#Cc1cccc(N)c1.COCCOC1N=CN=C(Cl)C1OCCOC.Cl.[2HH]. The number of nitrogens with one attached hydrogen (secondary N) is 1. The van der Waals surface area contributed by atoms with Crippen molar-refractivity contribution in [2.45, 2.75) is 44.1 Å². The molecule has 0 radical (unpaired) electrons. The molecule has 3 aromatic rings. The van der Waals surface area contributed by atoms with Crippen LogP contribution in [-0.2, 0) is 37.9 Å². The fourth-order valence-corrected chi connectivity index (χ4v) is 5.09. The van der Waals surface area contributed by atoms with Gasteiger partial charge in [-0.2, -0.15) is 0 Å². The minimum absolute atomic E-state index is 0. The zero-order chi connectivity index (χ0) is 47.0. The van der Waals surface area contributed by atoms with E-state index in [0.717, 1.165) is 22.4 Å². The molecule has 0 bridgehead atoms. The molecule has 2 aliphatic rings. The second-order valence-electron chi connectivity index (χ2n) is 13.6. The lowest BCUT2D eigenvalue weighted by molar-refractivity contribution is -0.0597. The fourth-order valence-electron chi connectivity index (χ4n) is 4.87. The molecule has 5 rings (SSSR count). The average Bonchev–Trinajstić information content (AvgIpc) is 3.28. The third kappa shape index (κ3) is 25.1. The number of amidine groups is 1. The highest BCUT2D eigenvalue weighted by Gasteiger charge is 2.31. The maximum atomic E-state index is 9.34. The van der Waals surface area contributed by atoms with Gasteiger partial charge in [0.25, 0.3) is 0 Å². The van der Waals surface area contributed by atoms with Crippen molar-refractivity contribution < 1.29 is 44.4 Å². The average molecular weight is 942 g/mol. The highest BCUT2D eigenvalue weighted by molar-refractivity contribution is 6.67. The Hall–Kier alpha value is -5.36. The summed E-state index contributed by atoms with van der Waals surface area (Å²) < 4.78 is 42.4. The number of halogens is 2. The number of benzene rings is 3. The van der Waals surface area contributed by atoms with Gasteiger partial charge < -0.3 is 59.8 Å². The normalized spacial score (nSPS) is 16.9. The maximum Gasteiger partial charge on any atom is 0.183 e. The van der Waals surface area contributed by atoms with Gasteiger partial charge in [-0.3, -0.25) is 0 Å². The van der Waals surface area contributed by atoms with Crippen molar-refractivity contribution in [3.8, 4) is 36.5 Å². The van der Waals surface area contributed by atoms with Crippen molar-refractivity contribution in [1.82, 2.24) is 0 Å². The Labute approximate surface area is 396 Å². The molecule has 16 nitrogen and oxygen atoms in total. The molecule has 354 valence electrons. The van der Waals surface area contributed by atoms with Crippen LogP contribution in [0.1, 0.15) is 32.0 Å². The van der Waals surface area contributed by atoms with E-state index in [1.807, 2.05) is 48.5 Å². The lowest BCUT2D eigenvalue weighted by Crippen LogP contribution is -2.44. The van der Waals surface area contributed by atoms with Crippen molar-refractivity contribution in [3.63, 3.8) is 0 Å². The summed E-state index contributed by atoms with van der Waals surface area (Å²) in [4.78, 5) is 16.5. The highest BCUT2D eigenvalue weighted by Crippen LogP contribution is 2.17. The van der Waals surface area contributed by atoms with Gasteiger partial charge in [0, 0.05) is 63.6 Å². The van der Waals surface area contributed by atoms with Crippen molar-refractivity contribution in [1.29, 1.82) is 0 Å². The first-order chi connectivity index (χ1) is 30.9. The van der Waals surface area contributed by atoms with Crippen molar-refractivity contribution >= 4 is 64.8 Å². The summed E-state index contributed by atoms with van der Waals surface area (Å²) in [5, 5.41) is 12.9. The topological polar surface area (TPSA) is 208 Å². The smallest absolute Gasteiger partial charge is 0.183 e. The van der Waals surface area contributed by atoms with Crippen LogP contribution in [0.25, 0.3) is 0 Å². The first kappa shape index (κ1) is 57.7. The molecule has 0 saturated heterocycles. The van der Waals surface area contributed by atoms with Crippen LogP contribution in [0.3, 0.4) is 0 Å². The Morgan fingerprint density at radius 3 is 1.60 bits per heavy atom. The standard InChI is InChI=1S/C18H23N3O4.C11H13NO.C10H17ClN2O4.C8H7N.ClH.H2/c1-4-14-6-5-7-15(12-14)21-17-16(24-10-8-22-2)18(20-13-19-17)25-11-9-23-3;1-11(2,13)7-6-9-4-3-5-10(12)8-9;1-14-3-5-16-8-9(11)12-7-13-10(8)17-6-4-15-2;1-2-7-4-3-5-8(9)6-7;;/h1,5-7,12-13,16,18H,8-11H2,2-3H3,(H,19,20,21);3-5,8,13H,12H2,1-2H3;7-8,10H,3-6H2,1-2H3;1,3-6H,9H2;2*1H/i;;;;;1+1. The van der Waals surface area contributed by atoms with E-state index in [4.69, 9.17) is 73.8 Å². The summed E-state index contributed by atoms with van der Waals surface area (Å²) in [6.45, 7) is 6.83. The van der Waals surface area contributed by atoms with Gasteiger partial charge in [-0.05, 0) is 68.4 Å². The molecule has 2 aliphatic heterocycles. The van der Waals surface area contributed by atoms with Crippen LogP contribution in [-0.4, -0.2) is 140 Å². The quantitative estimate of drug-likeness (QED) is 0.0749. The third-order valence-electron chi connectivity index (χ3n) is 7.90. The van der Waals surface area contributed by atoms with Crippen molar-refractivity contribution in [2.75, 3.05) is 98.1 Å². The number of hydrogen-bond donors (Lipinski definition) is 4. The van der Waals surface area contributed by atoms with Gasteiger partial charge in [-0.15, -0.1) is 25.3 Å². The van der Waals surface area contributed by atoms with Crippen LogP contribution >= 0.6 is 24.0 Å². The molecule has 4 atom stereocenters. The Balaban J connectivity index is 0.000000900. The molecule has 0 fully saturated rings. The molecule has 0 spiro atoms. The van der Waals surface area contributed by atoms with Gasteiger partial charge >= 0.3 is 0 Å². The predicted molar refractivity (Wildman–Crippen MR) is 264 cm³/mol. The minimum atomic E-state index is -0.954. The molecule has 18 heteroatoms. The molecule has 0 amide bonds. The molecule has 65 heavy (non-hydrogen) atoms. The number of anilines is 3. The fraction of sp³-hybridized carbons (Fsp3) is 0.404. The maximum absolute atomic E-state index is 9.34. The summed E-state index contributed by atoms with van der Waals surface area (Å²) in [6, 6.07) is 22.0. The van der Waals surface area contributed by atoms with Crippen molar-refractivity contribution in [3.05, 3.63) is 89.5 Å². The number of methoxy groups -OCH3 is 4. The second kappa shape index (κ2) is 34.1. The number of nitrogens with zero attached hydrogens (tertiary/aromatic N) is 4. The molecule has 3 aromatic carbocycles. The van der Waals surface area contributed by atoms with Gasteiger partial charge in [0.05, 0.1) is 52.9 Å². The monoisotopic (exact) mass is 940 g/mol.